The van der Waals surface area contributed by atoms with Crippen LogP contribution in [0.3, 0.4) is 0 Å². The molecule has 10 heteroatoms. The van der Waals surface area contributed by atoms with E-state index < -0.39 is 5.82 Å². The van der Waals surface area contributed by atoms with E-state index in [1.54, 1.807) is 6.07 Å². The van der Waals surface area contributed by atoms with Gasteiger partial charge in [-0.05, 0) is 31.5 Å². The normalized spacial score (nSPS) is 11.0. The predicted molar refractivity (Wildman–Crippen MR) is 125 cm³/mol. The summed E-state index contributed by atoms with van der Waals surface area (Å²) in [6.45, 7) is 5.84. The second-order valence-corrected chi connectivity index (χ2v) is 7.87. The fourth-order valence-corrected chi connectivity index (χ4v) is 3.46. The number of unbranched alkanes of at least 4 members (excludes halogenated alkanes) is 1. The monoisotopic (exact) mass is 475 g/mol. The number of fused-ring (bicyclic) bond motifs is 1. The zero-order valence-corrected chi connectivity index (χ0v) is 19.4. The van der Waals surface area contributed by atoms with E-state index >= 15 is 0 Å². The number of H-pyrrole nitrogens is 1. The highest BCUT2D eigenvalue weighted by atomic mass is 35.5. The summed E-state index contributed by atoms with van der Waals surface area (Å²) in [5.74, 6) is 0.105. The molecule has 2 heterocycles. The summed E-state index contributed by atoms with van der Waals surface area (Å²) in [5.41, 5.74) is 0.650. The maximum Gasteiger partial charge on any atom is 0.258 e. The summed E-state index contributed by atoms with van der Waals surface area (Å²) in [4.78, 5) is 38.3. The van der Waals surface area contributed by atoms with E-state index in [4.69, 9.17) is 16.3 Å². The maximum absolute atomic E-state index is 13.3. The van der Waals surface area contributed by atoms with Crippen molar-refractivity contribution in [2.75, 3.05) is 19.6 Å². The summed E-state index contributed by atoms with van der Waals surface area (Å²) < 4.78 is 18.9. The van der Waals surface area contributed by atoms with E-state index in [2.05, 4.69) is 27.2 Å². The SMILES string of the molecule is CCCCN(CC)C(=O)CNCc1nccc2c(=O)[nH]c(COc3ccc(F)c(Cl)c3)nc12. The molecule has 2 N–H and O–H groups in total. The first-order valence-corrected chi connectivity index (χ1v) is 11.2. The molecule has 176 valence electrons. The van der Waals surface area contributed by atoms with Gasteiger partial charge >= 0.3 is 0 Å². The first-order chi connectivity index (χ1) is 15.9. The van der Waals surface area contributed by atoms with Gasteiger partial charge in [0.1, 0.15) is 29.5 Å². The Morgan fingerprint density at radius 2 is 2.12 bits per heavy atom. The van der Waals surface area contributed by atoms with E-state index in [0.29, 0.717) is 28.9 Å². The Balaban J connectivity index is 1.71. The molecule has 0 aliphatic rings. The number of aromatic nitrogens is 3. The molecule has 0 saturated carbocycles. The topological polar surface area (TPSA) is 100 Å². The molecule has 0 aliphatic carbocycles. The lowest BCUT2D eigenvalue weighted by Gasteiger charge is -2.20. The van der Waals surface area contributed by atoms with Crippen molar-refractivity contribution in [1.82, 2.24) is 25.2 Å². The summed E-state index contributed by atoms with van der Waals surface area (Å²) in [6.07, 6.45) is 3.53. The van der Waals surface area contributed by atoms with E-state index in [-0.39, 0.29) is 42.0 Å². The number of ether oxygens (including phenoxy) is 1. The Labute approximate surface area is 196 Å². The summed E-state index contributed by atoms with van der Waals surface area (Å²) in [6, 6.07) is 5.58. The Morgan fingerprint density at radius 3 is 2.85 bits per heavy atom. The number of nitrogens with one attached hydrogen (secondary N) is 2. The second kappa shape index (κ2) is 11.7. The molecule has 0 bridgehead atoms. The molecule has 2 aromatic heterocycles. The van der Waals surface area contributed by atoms with E-state index in [0.717, 1.165) is 19.4 Å². The third kappa shape index (κ3) is 6.49. The Hall–Kier alpha value is -3.04. The molecule has 3 aromatic rings. The highest BCUT2D eigenvalue weighted by Gasteiger charge is 2.13. The van der Waals surface area contributed by atoms with E-state index in [9.17, 15) is 14.0 Å². The van der Waals surface area contributed by atoms with Gasteiger partial charge in [0.05, 0.1) is 22.6 Å². The number of amides is 1. The van der Waals surface area contributed by atoms with Crippen molar-refractivity contribution in [3.8, 4) is 5.75 Å². The van der Waals surface area contributed by atoms with Crippen LogP contribution in [0.4, 0.5) is 4.39 Å². The first-order valence-electron chi connectivity index (χ1n) is 10.9. The van der Waals surface area contributed by atoms with Crippen LogP contribution in [0.25, 0.3) is 10.9 Å². The number of hydrogen-bond acceptors (Lipinski definition) is 6. The molecule has 0 radical (unpaired) electrons. The minimum absolute atomic E-state index is 0.0176. The van der Waals surface area contributed by atoms with Gasteiger partial charge in [-0.15, -0.1) is 0 Å². The number of halogens is 2. The quantitative estimate of drug-likeness (QED) is 0.440. The van der Waals surface area contributed by atoms with Gasteiger partial charge in [-0.25, -0.2) is 9.37 Å². The molecule has 0 fully saturated rings. The number of pyridine rings is 1. The number of rotatable bonds is 11. The Kier molecular flexibility index (Phi) is 8.73. The molecule has 0 spiro atoms. The Morgan fingerprint density at radius 1 is 1.30 bits per heavy atom. The molecule has 1 aromatic carbocycles. The van der Waals surface area contributed by atoms with Crippen molar-refractivity contribution >= 4 is 28.4 Å². The summed E-state index contributed by atoms with van der Waals surface area (Å²) >= 11 is 5.77. The lowest BCUT2D eigenvalue weighted by molar-refractivity contribution is -0.130. The zero-order valence-electron chi connectivity index (χ0n) is 18.7. The van der Waals surface area contributed by atoms with Gasteiger partial charge in [-0.2, -0.15) is 0 Å². The summed E-state index contributed by atoms with van der Waals surface area (Å²) in [7, 11) is 0. The Bertz CT molecular complexity index is 1170. The number of hydrogen-bond donors (Lipinski definition) is 2. The smallest absolute Gasteiger partial charge is 0.258 e. The molecule has 3 rings (SSSR count). The fraction of sp³-hybridized carbons (Fsp3) is 0.391. The third-order valence-electron chi connectivity index (χ3n) is 5.10. The van der Waals surface area contributed by atoms with Crippen molar-refractivity contribution in [3.05, 3.63) is 63.2 Å². The lowest BCUT2D eigenvalue weighted by Crippen LogP contribution is -2.38. The van der Waals surface area contributed by atoms with Gasteiger partial charge in [0.15, 0.2) is 0 Å². The highest BCUT2D eigenvalue weighted by Crippen LogP contribution is 2.21. The van der Waals surface area contributed by atoms with Gasteiger partial charge in [-0.3, -0.25) is 14.6 Å². The molecule has 0 saturated heterocycles. The first kappa shape index (κ1) is 24.6. The van der Waals surface area contributed by atoms with Crippen molar-refractivity contribution < 1.29 is 13.9 Å². The van der Waals surface area contributed by atoms with Crippen LogP contribution < -0.4 is 15.6 Å². The van der Waals surface area contributed by atoms with Crippen molar-refractivity contribution in [2.45, 2.75) is 39.8 Å². The molecule has 0 unspecified atom stereocenters. The van der Waals surface area contributed by atoms with E-state index in [1.807, 2.05) is 11.8 Å². The number of nitrogens with zero attached hydrogens (tertiary/aromatic N) is 3. The molecule has 33 heavy (non-hydrogen) atoms. The number of carbonyl (C=O) groups is 1. The zero-order chi connectivity index (χ0) is 23.8. The largest absolute Gasteiger partial charge is 0.486 e. The van der Waals surface area contributed by atoms with Crippen LogP contribution in [0.15, 0.2) is 35.3 Å². The van der Waals surface area contributed by atoms with Crippen LogP contribution in [0, 0.1) is 5.82 Å². The van der Waals surface area contributed by atoms with Crippen LogP contribution in [0.5, 0.6) is 5.75 Å². The van der Waals surface area contributed by atoms with Gasteiger partial charge < -0.3 is 19.9 Å². The van der Waals surface area contributed by atoms with Crippen LogP contribution >= 0.6 is 11.6 Å². The van der Waals surface area contributed by atoms with Crippen molar-refractivity contribution in [2.24, 2.45) is 0 Å². The van der Waals surface area contributed by atoms with Crippen LogP contribution in [0.1, 0.15) is 38.2 Å². The van der Waals surface area contributed by atoms with E-state index in [1.165, 1.54) is 24.4 Å². The number of likely N-dealkylation sites (N-methyl/N-ethyl adjacent to an activating group) is 1. The fourth-order valence-electron chi connectivity index (χ4n) is 3.29. The van der Waals surface area contributed by atoms with Gasteiger partial charge in [0, 0.05) is 31.9 Å². The average Bonchev–Trinajstić information content (AvgIpc) is 2.80. The summed E-state index contributed by atoms with van der Waals surface area (Å²) in [5, 5.41) is 3.44. The highest BCUT2D eigenvalue weighted by molar-refractivity contribution is 6.30. The maximum atomic E-state index is 13.3. The van der Waals surface area contributed by atoms with Gasteiger partial charge in [-0.1, -0.05) is 24.9 Å². The minimum atomic E-state index is -0.546. The second-order valence-electron chi connectivity index (χ2n) is 7.46. The predicted octanol–water partition coefficient (Wildman–Crippen LogP) is 3.43. The molecule has 8 nitrogen and oxygen atoms in total. The molecule has 1 amide bonds. The molecule has 0 aliphatic heterocycles. The number of benzene rings is 1. The van der Waals surface area contributed by atoms with Crippen molar-refractivity contribution in [1.29, 1.82) is 0 Å². The lowest BCUT2D eigenvalue weighted by atomic mass is 10.2. The third-order valence-corrected chi connectivity index (χ3v) is 5.39. The number of carbonyl (C=O) groups excluding carboxylic acids is 1. The van der Waals surface area contributed by atoms with Crippen LogP contribution in [0.2, 0.25) is 5.02 Å². The molecule has 0 atom stereocenters. The van der Waals surface area contributed by atoms with Crippen LogP contribution in [-0.4, -0.2) is 45.4 Å². The molecular formula is C23H27ClFN5O3. The standard InChI is InChI=1S/C23H27ClFN5O3/c1-3-5-10-30(4-2)21(31)13-26-12-19-22-16(8-9-27-19)23(32)29-20(28-22)14-33-15-6-7-18(25)17(24)11-15/h6-9,11,26H,3-5,10,12-14H2,1-2H3,(H,28,29,32). The number of aromatic amines is 1. The average molecular weight is 476 g/mol. The van der Waals surface area contributed by atoms with Crippen LogP contribution in [-0.2, 0) is 17.9 Å². The van der Waals surface area contributed by atoms with Crippen molar-refractivity contribution in [3.63, 3.8) is 0 Å². The van der Waals surface area contributed by atoms with Gasteiger partial charge in [0.2, 0.25) is 5.91 Å². The minimum Gasteiger partial charge on any atom is -0.486 e. The molecular weight excluding hydrogens is 449 g/mol. The van der Waals surface area contributed by atoms with Gasteiger partial charge in [0.25, 0.3) is 5.56 Å².